The Bertz CT molecular complexity index is 599. The van der Waals surface area contributed by atoms with Crippen LogP contribution in [0.25, 0.3) is 21.9 Å². The van der Waals surface area contributed by atoms with Crippen LogP contribution in [0.5, 0.6) is 0 Å². The summed E-state index contributed by atoms with van der Waals surface area (Å²) in [5.41, 5.74) is 1.94. The smallest absolute Gasteiger partial charge is 0.136 e. The fourth-order valence-electron chi connectivity index (χ4n) is 1.72. The molecule has 0 N–H and O–H groups in total. The zero-order chi connectivity index (χ0) is 10.4. The topological polar surface area (TPSA) is 13.1 Å². The van der Waals surface area contributed by atoms with Crippen LogP contribution in [0, 0.1) is 7.14 Å². The molecular formula is C12H6I2O. The molecule has 0 amide bonds. The second-order valence-corrected chi connectivity index (χ2v) is 5.87. The molecule has 74 valence electrons. The Labute approximate surface area is 114 Å². The molecule has 0 aliphatic rings. The molecule has 0 unspecified atom stereocenters. The molecule has 2 aromatic carbocycles. The summed E-state index contributed by atoms with van der Waals surface area (Å²) in [6, 6.07) is 12.6. The van der Waals surface area contributed by atoms with E-state index in [9.17, 15) is 0 Å². The van der Waals surface area contributed by atoms with E-state index in [2.05, 4.69) is 81.6 Å². The summed E-state index contributed by atoms with van der Waals surface area (Å²) >= 11 is 4.60. The van der Waals surface area contributed by atoms with E-state index in [0.717, 1.165) is 11.2 Å². The summed E-state index contributed by atoms with van der Waals surface area (Å²) in [7, 11) is 0. The molecule has 15 heavy (non-hydrogen) atoms. The van der Waals surface area contributed by atoms with Gasteiger partial charge in [0.2, 0.25) is 0 Å². The van der Waals surface area contributed by atoms with Gasteiger partial charge in [0.15, 0.2) is 0 Å². The molecule has 0 aliphatic carbocycles. The molecule has 1 heterocycles. The van der Waals surface area contributed by atoms with Gasteiger partial charge in [-0.3, -0.25) is 0 Å². The third kappa shape index (κ3) is 1.65. The molecule has 0 spiro atoms. The Morgan fingerprint density at radius 2 is 1.20 bits per heavy atom. The van der Waals surface area contributed by atoms with E-state index in [-0.39, 0.29) is 0 Å². The average molecular weight is 420 g/mol. The molecule has 0 saturated carbocycles. The van der Waals surface area contributed by atoms with Gasteiger partial charge in [0.25, 0.3) is 0 Å². The van der Waals surface area contributed by atoms with Crippen molar-refractivity contribution in [1.29, 1.82) is 0 Å². The molecule has 0 aliphatic heterocycles. The Balaban J connectivity index is 2.51. The van der Waals surface area contributed by atoms with Gasteiger partial charge >= 0.3 is 0 Å². The number of benzene rings is 2. The third-order valence-corrected chi connectivity index (χ3v) is 3.74. The van der Waals surface area contributed by atoms with E-state index < -0.39 is 0 Å². The summed E-state index contributed by atoms with van der Waals surface area (Å²) in [6.07, 6.45) is 0. The summed E-state index contributed by atoms with van der Waals surface area (Å²) < 4.78 is 8.21. The van der Waals surface area contributed by atoms with Crippen molar-refractivity contribution in [2.45, 2.75) is 0 Å². The number of halogens is 2. The van der Waals surface area contributed by atoms with E-state index in [1.165, 1.54) is 17.9 Å². The highest BCUT2D eigenvalue weighted by Crippen LogP contribution is 2.30. The van der Waals surface area contributed by atoms with Gasteiger partial charge in [0.1, 0.15) is 11.2 Å². The molecule has 0 saturated heterocycles. The highest BCUT2D eigenvalue weighted by Gasteiger charge is 2.06. The molecular weight excluding hydrogens is 414 g/mol. The quantitative estimate of drug-likeness (QED) is 0.477. The van der Waals surface area contributed by atoms with Gasteiger partial charge in [-0.25, -0.2) is 0 Å². The van der Waals surface area contributed by atoms with Crippen LogP contribution in [0.3, 0.4) is 0 Å². The van der Waals surface area contributed by atoms with Crippen LogP contribution in [-0.2, 0) is 0 Å². The van der Waals surface area contributed by atoms with Crippen molar-refractivity contribution in [2.24, 2.45) is 0 Å². The predicted molar refractivity (Wildman–Crippen MR) is 79.2 cm³/mol. The first-order valence-corrected chi connectivity index (χ1v) is 6.67. The van der Waals surface area contributed by atoms with Gasteiger partial charge in [0.05, 0.1) is 0 Å². The molecule has 0 atom stereocenters. The van der Waals surface area contributed by atoms with E-state index in [4.69, 9.17) is 4.42 Å². The lowest BCUT2D eigenvalue weighted by molar-refractivity contribution is 0.668. The predicted octanol–water partition coefficient (Wildman–Crippen LogP) is 4.80. The van der Waals surface area contributed by atoms with Crippen LogP contribution in [0.4, 0.5) is 0 Å². The zero-order valence-corrected chi connectivity index (χ0v) is 11.9. The number of hydrogen-bond donors (Lipinski definition) is 0. The van der Waals surface area contributed by atoms with Crippen molar-refractivity contribution in [2.75, 3.05) is 0 Å². The fourth-order valence-corrected chi connectivity index (χ4v) is 2.65. The summed E-state index contributed by atoms with van der Waals surface area (Å²) in [6.45, 7) is 0. The Hall–Kier alpha value is -0.300. The maximum Gasteiger partial charge on any atom is 0.136 e. The van der Waals surface area contributed by atoms with Crippen molar-refractivity contribution in [3.05, 3.63) is 43.5 Å². The second kappa shape index (κ2) is 3.62. The Kier molecular flexibility index (Phi) is 2.39. The first-order valence-electron chi connectivity index (χ1n) is 4.51. The molecule has 0 fully saturated rings. The summed E-state index contributed by atoms with van der Waals surface area (Å²) in [5.74, 6) is 0. The van der Waals surface area contributed by atoms with Crippen LogP contribution in [0.15, 0.2) is 40.8 Å². The van der Waals surface area contributed by atoms with Crippen LogP contribution >= 0.6 is 45.2 Å². The number of hydrogen-bond acceptors (Lipinski definition) is 1. The first-order chi connectivity index (χ1) is 7.24. The maximum atomic E-state index is 5.80. The standard InChI is InChI=1S/C12H6I2O/c13-7-1-3-9-10-4-2-8(14)6-12(10)15-11(9)5-7/h1-6H. The highest BCUT2D eigenvalue weighted by molar-refractivity contribution is 14.1. The number of fused-ring (bicyclic) bond motifs is 3. The van der Waals surface area contributed by atoms with Gasteiger partial charge in [-0.2, -0.15) is 0 Å². The molecule has 3 aromatic rings. The molecule has 3 heteroatoms. The minimum Gasteiger partial charge on any atom is -0.456 e. The van der Waals surface area contributed by atoms with Crippen LogP contribution in [0.1, 0.15) is 0 Å². The van der Waals surface area contributed by atoms with Gasteiger partial charge < -0.3 is 4.42 Å². The maximum absolute atomic E-state index is 5.80. The molecule has 1 aromatic heterocycles. The monoisotopic (exact) mass is 420 g/mol. The van der Waals surface area contributed by atoms with Gasteiger partial charge in [-0.1, -0.05) is 0 Å². The summed E-state index contributed by atoms with van der Waals surface area (Å²) in [5, 5.41) is 2.39. The van der Waals surface area contributed by atoms with Crippen LogP contribution < -0.4 is 0 Å². The zero-order valence-electron chi connectivity index (χ0n) is 7.63. The number of rotatable bonds is 0. The van der Waals surface area contributed by atoms with Gasteiger partial charge in [0, 0.05) is 17.9 Å². The van der Waals surface area contributed by atoms with Crippen LogP contribution in [0.2, 0.25) is 0 Å². The minimum absolute atomic E-state index is 0.971. The van der Waals surface area contributed by atoms with E-state index in [1.54, 1.807) is 0 Å². The highest BCUT2D eigenvalue weighted by atomic mass is 127. The molecule has 3 rings (SSSR count). The minimum atomic E-state index is 0.971. The first kappa shape index (κ1) is 9.89. The van der Waals surface area contributed by atoms with Crippen molar-refractivity contribution < 1.29 is 4.42 Å². The van der Waals surface area contributed by atoms with E-state index in [1.807, 2.05) is 0 Å². The van der Waals surface area contributed by atoms with Crippen molar-refractivity contribution >= 4 is 67.1 Å². The lowest BCUT2D eigenvalue weighted by Crippen LogP contribution is -1.70. The molecule has 1 nitrogen and oxygen atoms in total. The lowest BCUT2D eigenvalue weighted by atomic mass is 10.2. The normalized spacial score (nSPS) is 11.3. The van der Waals surface area contributed by atoms with Gasteiger partial charge in [-0.05, 0) is 81.6 Å². The van der Waals surface area contributed by atoms with E-state index >= 15 is 0 Å². The second-order valence-electron chi connectivity index (χ2n) is 3.38. The number of furan rings is 1. The van der Waals surface area contributed by atoms with Crippen molar-refractivity contribution in [1.82, 2.24) is 0 Å². The van der Waals surface area contributed by atoms with E-state index in [0.29, 0.717) is 0 Å². The fraction of sp³-hybridized carbons (Fsp3) is 0. The molecule has 0 radical (unpaired) electrons. The summed E-state index contributed by atoms with van der Waals surface area (Å²) in [4.78, 5) is 0. The SMILES string of the molecule is Ic1ccc2c(c1)oc1cc(I)ccc12. The Morgan fingerprint density at radius 3 is 1.67 bits per heavy atom. The molecule has 0 bridgehead atoms. The lowest BCUT2D eigenvalue weighted by Gasteiger charge is -1.90. The van der Waals surface area contributed by atoms with Crippen molar-refractivity contribution in [3.63, 3.8) is 0 Å². The van der Waals surface area contributed by atoms with Gasteiger partial charge in [-0.15, -0.1) is 0 Å². The largest absolute Gasteiger partial charge is 0.456 e. The Morgan fingerprint density at radius 1 is 0.733 bits per heavy atom. The van der Waals surface area contributed by atoms with Crippen LogP contribution in [-0.4, -0.2) is 0 Å². The third-order valence-electron chi connectivity index (χ3n) is 2.40. The van der Waals surface area contributed by atoms with Crippen molar-refractivity contribution in [3.8, 4) is 0 Å². The average Bonchev–Trinajstić information content (AvgIpc) is 2.53.